The number of sulfone groups is 1. The van der Waals surface area contributed by atoms with Crippen molar-refractivity contribution in [2.45, 2.75) is 10.7 Å². The summed E-state index contributed by atoms with van der Waals surface area (Å²) < 4.78 is 47.6. The first kappa shape index (κ1) is 18.1. The van der Waals surface area contributed by atoms with Crippen LogP contribution >= 0.6 is 12.4 Å². The Morgan fingerprint density at radius 1 is 1.13 bits per heavy atom. The van der Waals surface area contributed by atoms with Crippen LogP contribution in [0.3, 0.4) is 0 Å². The number of carbonyl (C=O) groups excluding carboxylic acids is 1. The van der Waals surface area contributed by atoms with Crippen LogP contribution in [-0.2, 0) is 9.84 Å². The van der Waals surface area contributed by atoms with Crippen molar-refractivity contribution in [2.24, 2.45) is 11.8 Å². The van der Waals surface area contributed by atoms with Crippen LogP contribution in [0, 0.1) is 11.8 Å². The molecular formula is C14H17ClF2N2O3S. The maximum absolute atomic E-state index is 12.5. The normalized spacial score (nSPS) is 23.7. The van der Waals surface area contributed by atoms with Gasteiger partial charge in [0.15, 0.2) is 0 Å². The summed E-state index contributed by atoms with van der Waals surface area (Å²) in [6.45, 7) is 3.15. The lowest BCUT2D eigenvalue weighted by Gasteiger charge is -2.17. The van der Waals surface area contributed by atoms with E-state index in [0.29, 0.717) is 30.5 Å². The predicted molar refractivity (Wildman–Crippen MR) is 82.6 cm³/mol. The lowest BCUT2D eigenvalue weighted by molar-refractivity contribution is 0.0781. The summed E-state index contributed by atoms with van der Waals surface area (Å²) in [6, 6.07) is 4.72. The molecule has 2 aliphatic rings. The van der Waals surface area contributed by atoms with Gasteiger partial charge in [0.25, 0.3) is 5.91 Å². The minimum Gasteiger partial charge on any atom is -0.338 e. The summed E-state index contributed by atoms with van der Waals surface area (Å²) in [5.41, 5.74) is 0.321. The number of amides is 1. The van der Waals surface area contributed by atoms with Gasteiger partial charge in [0.2, 0.25) is 9.84 Å². The molecule has 1 aromatic carbocycles. The molecule has 0 radical (unpaired) electrons. The van der Waals surface area contributed by atoms with Gasteiger partial charge in [0.1, 0.15) is 0 Å². The summed E-state index contributed by atoms with van der Waals surface area (Å²) >= 11 is 0. The van der Waals surface area contributed by atoms with Gasteiger partial charge in [-0.15, -0.1) is 12.4 Å². The highest BCUT2D eigenvalue weighted by Crippen LogP contribution is 2.27. The Kier molecular flexibility index (Phi) is 5.27. The Morgan fingerprint density at radius 2 is 1.65 bits per heavy atom. The first-order chi connectivity index (χ1) is 10.4. The maximum Gasteiger partial charge on any atom is 0.341 e. The molecule has 1 aromatic rings. The zero-order valence-electron chi connectivity index (χ0n) is 12.1. The molecule has 0 saturated carbocycles. The Labute approximate surface area is 139 Å². The highest BCUT2D eigenvalue weighted by atomic mass is 35.5. The SMILES string of the molecule is Cl.O=C(c1ccc(S(=O)(=O)C(F)F)cc1)N1C[C@H]2CNC[C@H]2C1. The van der Waals surface area contributed by atoms with Gasteiger partial charge in [0, 0.05) is 31.7 Å². The van der Waals surface area contributed by atoms with Crippen molar-refractivity contribution in [3.8, 4) is 0 Å². The molecule has 1 amide bonds. The smallest absolute Gasteiger partial charge is 0.338 e. The molecule has 0 spiro atoms. The van der Waals surface area contributed by atoms with E-state index >= 15 is 0 Å². The monoisotopic (exact) mass is 366 g/mol. The van der Waals surface area contributed by atoms with E-state index < -0.39 is 20.5 Å². The molecule has 5 nitrogen and oxygen atoms in total. The lowest BCUT2D eigenvalue weighted by Crippen LogP contribution is -2.31. The third kappa shape index (κ3) is 3.34. The van der Waals surface area contributed by atoms with E-state index in [1.54, 1.807) is 4.90 Å². The number of fused-ring (bicyclic) bond motifs is 1. The zero-order chi connectivity index (χ0) is 15.9. The minimum absolute atomic E-state index is 0. The van der Waals surface area contributed by atoms with Crippen LogP contribution in [0.1, 0.15) is 10.4 Å². The van der Waals surface area contributed by atoms with E-state index in [1.165, 1.54) is 12.1 Å². The van der Waals surface area contributed by atoms with Crippen LogP contribution in [0.4, 0.5) is 8.78 Å². The number of hydrogen-bond acceptors (Lipinski definition) is 4. The number of nitrogens with zero attached hydrogens (tertiary/aromatic N) is 1. The third-order valence-electron chi connectivity index (χ3n) is 4.34. The Bertz CT molecular complexity index is 670. The molecular weight excluding hydrogens is 350 g/mol. The summed E-state index contributed by atoms with van der Waals surface area (Å²) in [4.78, 5) is 13.7. The van der Waals surface area contributed by atoms with Gasteiger partial charge in [-0.25, -0.2) is 8.42 Å². The molecule has 0 aromatic heterocycles. The van der Waals surface area contributed by atoms with Gasteiger partial charge in [-0.3, -0.25) is 4.79 Å². The van der Waals surface area contributed by atoms with E-state index in [2.05, 4.69) is 5.32 Å². The van der Waals surface area contributed by atoms with Gasteiger partial charge < -0.3 is 10.2 Å². The van der Waals surface area contributed by atoms with Crippen LogP contribution in [0.5, 0.6) is 0 Å². The van der Waals surface area contributed by atoms with Crippen molar-refractivity contribution in [1.29, 1.82) is 0 Å². The molecule has 0 aliphatic carbocycles. The Morgan fingerprint density at radius 3 is 2.13 bits per heavy atom. The first-order valence-corrected chi connectivity index (χ1v) is 8.56. The number of alkyl halides is 2. The average Bonchev–Trinajstić information content (AvgIpc) is 3.07. The lowest BCUT2D eigenvalue weighted by atomic mass is 10.0. The van der Waals surface area contributed by atoms with Crippen molar-refractivity contribution < 1.29 is 22.0 Å². The molecule has 2 heterocycles. The number of halogens is 3. The van der Waals surface area contributed by atoms with Crippen molar-refractivity contribution in [3.05, 3.63) is 29.8 Å². The van der Waals surface area contributed by atoms with Crippen molar-refractivity contribution in [3.63, 3.8) is 0 Å². The number of likely N-dealkylation sites (tertiary alicyclic amines) is 1. The predicted octanol–water partition coefficient (Wildman–Crippen LogP) is 1.40. The topological polar surface area (TPSA) is 66.5 Å². The summed E-state index contributed by atoms with van der Waals surface area (Å²) in [7, 11) is -4.62. The molecule has 128 valence electrons. The molecule has 2 aliphatic heterocycles. The molecule has 0 unspecified atom stereocenters. The van der Waals surface area contributed by atoms with Crippen molar-refractivity contribution >= 4 is 28.2 Å². The first-order valence-electron chi connectivity index (χ1n) is 7.01. The van der Waals surface area contributed by atoms with Gasteiger partial charge in [-0.05, 0) is 36.1 Å². The number of carbonyl (C=O) groups is 1. The number of nitrogens with one attached hydrogen (secondary N) is 1. The fourth-order valence-electron chi connectivity index (χ4n) is 3.09. The number of benzene rings is 1. The summed E-state index contributed by atoms with van der Waals surface area (Å²) in [6.07, 6.45) is 0. The standard InChI is InChI=1S/C14H16F2N2O3S.ClH/c15-14(16)22(20,21)12-3-1-9(2-4-12)13(19)18-7-10-5-17-6-11(10)8-18;/h1-4,10-11,14,17H,5-8H2;1H/t10-,11+;. The second-order valence-corrected chi connectivity index (χ2v) is 7.64. The van der Waals surface area contributed by atoms with Crippen LogP contribution < -0.4 is 5.32 Å². The van der Waals surface area contributed by atoms with Gasteiger partial charge in [-0.2, -0.15) is 8.78 Å². The minimum atomic E-state index is -4.62. The van der Waals surface area contributed by atoms with Crippen LogP contribution in [-0.4, -0.2) is 51.2 Å². The molecule has 2 atom stereocenters. The quantitative estimate of drug-likeness (QED) is 0.878. The van der Waals surface area contributed by atoms with Gasteiger partial charge in [-0.1, -0.05) is 0 Å². The molecule has 1 N–H and O–H groups in total. The molecule has 3 rings (SSSR count). The zero-order valence-corrected chi connectivity index (χ0v) is 13.7. The summed E-state index contributed by atoms with van der Waals surface area (Å²) in [5.74, 6) is -2.72. The molecule has 23 heavy (non-hydrogen) atoms. The molecule has 2 saturated heterocycles. The fourth-order valence-corrected chi connectivity index (χ4v) is 3.82. The Balaban J connectivity index is 0.00000192. The Hall–Kier alpha value is -1.25. The van der Waals surface area contributed by atoms with Crippen LogP contribution in [0.15, 0.2) is 29.2 Å². The number of rotatable bonds is 3. The second-order valence-electron chi connectivity index (χ2n) is 5.72. The highest BCUT2D eigenvalue weighted by molar-refractivity contribution is 7.91. The molecule has 0 bridgehead atoms. The summed E-state index contributed by atoms with van der Waals surface area (Å²) in [5, 5.41) is 3.28. The fraction of sp³-hybridized carbons (Fsp3) is 0.500. The highest BCUT2D eigenvalue weighted by Gasteiger charge is 2.38. The van der Waals surface area contributed by atoms with Gasteiger partial charge in [0.05, 0.1) is 4.90 Å². The molecule has 2 fully saturated rings. The maximum atomic E-state index is 12.5. The second kappa shape index (κ2) is 6.70. The number of hydrogen-bond donors (Lipinski definition) is 1. The van der Waals surface area contributed by atoms with Crippen molar-refractivity contribution in [1.82, 2.24) is 10.2 Å². The van der Waals surface area contributed by atoms with E-state index in [9.17, 15) is 22.0 Å². The van der Waals surface area contributed by atoms with E-state index in [1.807, 2.05) is 0 Å². The molecule has 9 heteroatoms. The van der Waals surface area contributed by atoms with Gasteiger partial charge >= 0.3 is 5.76 Å². The van der Waals surface area contributed by atoms with E-state index in [4.69, 9.17) is 0 Å². The van der Waals surface area contributed by atoms with E-state index in [0.717, 1.165) is 25.2 Å². The van der Waals surface area contributed by atoms with Crippen molar-refractivity contribution in [2.75, 3.05) is 26.2 Å². The third-order valence-corrected chi connectivity index (χ3v) is 5.74. The van der Waals surface area contributed by atoms with Crippen LogP contribution in [0.2, 0.25) is 0 Å². The van der Waals surface area contributed by atoms with Crippen LogP contribution in [0.25, 0.3) is 0 Å². The van der Waals surface area contributed by atoms with E-state index in [-0.39, 0.29) is 18.3 Å². The average molecular weight is 367 g/mol. The largest absolute Gasteiger partial charge is 0.341 e.